The number of hydrogen-bond acceptors (Lipinski definition) is 3. The Labute approximate surface area is 203 Å². The molecule has 5 aromatic rings. The topological polar surface area (TPSA) is 44.1 Å². The monoisotopic (exact) mass is 468 g/mol. The highest BCUT2D eigenvalue weighted by atomic mass is 35.5. The molecule has 1 aromatic heterocycles. The molecule has 0 N–H and O–H groups in total. The fraction of sp³-hybridized carbons (Fsp3) is 0.172. The minimum Gasteiger partial charge on any atom is -0.494 e. The number of benzene rings is 4. The Hall–Kier alpha value is -3.63. The molecule has 0 radical (unpaired) electrons. The lowest BCUT2D eigenvalue weighted by molar-refractivity contribution is 0.304. The van der Waals surface area contributed by atoms with Crippen LogP contribution in [0.25, 0.3) is 33.1 Å². The molecule has 4 aromatic carbocycles. The van der Waals surface area contributed by atoms with E-state index in [2.05, 4.69) is 24.3 Å². The lowest BCUT2D eigenvalue weighted by atomic mass is 10.1. The van der Waals surface area contributed by atoms with Gasteiger partial charge >= 0.3 is 0 Å². The zero-order chi connectivity index (χ0) is 23.3. The highest BCUT2D eigenvalue weighted by molar-refractivity contribution is 6.30. The van der Waals surface area contributed by atoms with Crippen molar-refractivity contribution in [3.05, 3.63) is 106 Å². The molecular weight excluding hydrogens is 444 g/mol. The van der Waals surface area contributed by atoms with E-state index in [4.69, 9.17) is 21.3 Å². The second kappa shape index (κ2) is 10.1. The first-order valence-corrected chi connectivity index (χ1v) is 11.9. The summed E-state index contributed by atoms with van der Waals surface area (Å²) in [5.41, 5.74) is 1.58. The number of halogens is 1. The van der Waals surface area contributed by atoms with Gasteiger partial charge < -0.3 is 4.74 Å². The van der Waals surface area contributed by atoms with Crippen molar-refractivity contribution in [2.75, 3.05) is 6.61 Å². The number of para-hydroxylation sites is 1. The van der Waals surface area contributed by atoms with E-state index in [9.17, 15) is 4.79 Å². The second-order valence-corrected chi connectivity index (χ2v) is 8.77. The molecule has 0 unspecified atom stereocenters. The Morgan fingerprint density at radius 2 is 1.56 bits per heavy atom. The van der Waals surface area contributed by atoms with Crippen molar-refractivity contribution >= 4 is 33.3 Å². The zero-order valence-corrected chi connectivity index (χ0v) is 19.5. The van der Waals surface area contributed by atoms with Crippen molar-refractivity contribution in [1.82, 2.24) is 9.55 Å². The molecule has 0 atom stereocenters. The highest BCUT2D eigenvalue weighted by Crippen LogP contribution is 2.23. The molecule has 0 aliphatic heterocycles. The van der Waals surface area contributed by atoms with Gasteiger partial charge in [-0.1, -0.05) is 54.1 Å². The molecule has 0 saturated heterocycles. The summed E-state index contributed by atoms with van der Waals surface area (Å²) < 4.78 is 7.75. The largest absolute Gasteiger partial charge is 0.494 e. The summed E-state index contributed by atoms with van der Waals surface area (Å²) in [5, 5.41) is 3.68. The van der Waals surface area contributed by atoms with Gasteiger partial charge in [-0.15, -0.1) is 0 Å². The predicted octanol–water partition coefficient (Wildman–Crippen LogP) is 7.12. The summed E-state index contributed by atoms with van der Waals surface area (Å²) in [6, 6.07) is 29.4. The SMILES string of the molecule is O=c1c2ccccc2nc(-c2ccc(Cl)cc2)n1CCCCCOc1ccc2ccccc2c1. The van der Waals surface area contributed by atoms with Crippen molar-refractivity contribution < 1.29 is 4.74 Å². The van der Waals surface area contributed by atoms with Gasteiger partial charge in [-0.25, -0.2) is 4.98 Å². The molecule has 0 fully saturated rings. The fourth-order valence-corrected chi connectivity index (χ4v) is 4.32. The molecule has 5 rings (SSSR count). The van der Waals surface area contributed by atoms with Gasteiger partial charge in [0.1, 0.15) is 11.6 Å². The molecule has 0 spiro atoms. The van der Waals surface area contributed by atoms with Gasteiger partial charge in [0, 0.05) is 17.1 Å². The third kappa shape index (κ3) is 4.82. The number of aromatic nitrogens is 2. The first-order valence-electron chi connectivity index (χ1n) is 11.6. The van der Waals surface area contributed by atoms with E-state index in [0.717, 1.165) is 30.6 Å². The summed E-state index contributed by atoms with van der Waals surface area (Å²) in [7, 11) is 0. The van der Waals surface area contributed by atoms with Gasteiger partial charge in [0.15, 0.2) is 0 Å². The molecule has 1 heterocycles. The lowest BCUT2D eigenvalue weighted by Gasteiger charge is -2.14. The van der Waals surface area contributed by atoms with Crippen LogP contribution in [0.2, 0.25) is 5.02 Å². The summed E-state index contributed by atoms with van der Waals surface area (Å²) in [5.74, 6) is 1.56. The summed E-state index contributed by atoms with van der Waals surface area (Å²) in [4.78, 5) is 18.1. The van der Waals surface area contributed by atoms with Crippen LogP contribution in [0.1, 0.15) is 19.3 Å². The molecule has 34 heavy (non-hydrogen) atoms. The van der Waals surface area contributed by atoms with Gasteiger partial charge in [-0.2, -0.15) is 0 Å². The van der Waals surface area contributed by atoms with Crippen molar-refractivity contribution in [1.29, 1.82) is 0 Å². The minimum atomic E-state index is -0.0111. The maximum atomic E-state index is 13.3. The third-order valence-electron chi connectivity index (χ3n) is 5.98. The van der Waals surface area contributed by atoms with Crippen LogP contribution in [-0.4, -0.2) is 16.2 Å². The molecule has 0 bridgehead atoms. The van der Waals surface area contributed by atoms with Crippen LogP contribution < -0.4 is 10.3 Å². The lowest BCUT2D eigenvalue weighted by Crippen LogP contribution is -2.23. The molecule has 4 nitrogen and oxygen atoms in total. The quantitative estimate of drug-likeness (QED) is 0.228. The van der Waals surface area contributed by atoms with Gasteiger partial charge in [-0.05, 0) is 78.6 Å². The van der Waals surface area contributed by atoms with Gasteiger partial charge in [0.25, 0.3) is 5.56 Å². The van der Waals surface area contributed by atoms with Crippen molar-refractivity contribution in [3.8, 4) is 17.1 Å². The number of rotatable bonds is 8. The molecule has 0 amide bonds. The van der Waals surface area contributed by atoms with Crippen LogP contribution in [-0.2, 0) is 6.54 Å². The van der Waals surface area contributed by atoms with Crippen LogP contribution in [0.4, 0.5) is 0 Å². The fourth-order valence-electron chi connectivity index (χ4n) is 4.19. The number of unbranched alkanes of at least 4 members (excludes halogenated alkanes) is 2. The van der Waals surface area contributed by atoms with Crippen LogP contribution in [0.3, 0.4) is 0 Å². The molecule has 0 saturated carbocycles. The van der Waals surface area contributed by atoms with Gasteiger partial charge in [0.2, 0.25) is 0 Å². The van der Waals surface area contributed by atoms with Crippen LogP contribution in [0.5, 0.6) is 5.75 Å². The molecule has 0 aliphatic rings. The average Bonchev–Trinajstić information content (AvgIpc) is 2.87. The number of hydrogen-bond donors (Lipinski definition) is 0. The van der Waals surface area contributed by atoms with E-state index in [1.165, 1.54) is 10.8 Å². The normalized spacial score (nSPS) is 11.2. The van der Waals surface area contributed by atoms with E-state index in [1.807, 2.05) is 66.7 Å². The maximum absolute atomic E-state index is 13.3. The van der Waals surface area contributed by atoms with Gasteiger partial charge in [-0.3, -0.25) is 9.36 Å². The standard InChI is InChI=1S/C29H25ClN2O2/c30-24-15-12-22(13-16-24)28-31-27-11-5-4-10-26(27)29(33)32(28)18-6-1-7-19-34-25-17-14-21-8-2-3-9-23(21)20-25/h2-5,8-17,20H,1,6-7,18-19H2. The Bertz CT molecular complexity index is 1490. The van der Waals surface area contributed by atoms with Crippen LogP contribution >= 0.6 is 11.6 Å². The Balaban J connectivity index is 1.25. The van der Waals surface area contributed by atoms with E-state index >= 15 is 0 Å². The Kier molecular flexibility index (Phi) is 6.59. The highest BCUT2D eigenvalue weighted by Gasteiger charge is 2.12. The minimum absolute atomic E-state index is 0.0111. The van der Waals surface area contributed by atoms with E-state index in [-0.39, 0.29) is 5.56 Å². The second-order valence-electron chi connectivity index (χ2n) is 8.33. The van der Waals surface area contributed by atoms with E-state index in [0.29, 0.717) is 34.9 Å². The first-order chi connectivity index (χ1) is 16.7. The molecule has 0 aliphatic carbocycles. The van der Waals surface area contributed by atoms with Crippen molar-refractivity contribution in [3.63, 3.8) is 0 Å². The summed E-state index contributed by atoms with van der Waals surface area (Å²) in [6.07, 6.45) is 2.73. The third-order valence-corrected chi connectivity index (χ3v) is 6.23. The number of fused-ring (bicyclic) bond motifs is 2. The number of nitrogens with zero attached hydrogens (tertiary/aromatic N) is 2. The predicted molar refractivity (Wildman–Crippen MR) is 140 cm³/mol. The smallest absolute Gasteiger partial charge is 0.261 e. The average molecular weight is 469 g/mol. The van der Waals surface area contributed by atoms with Crippen LogP contribution in [0.15, 0.2) is 95.8 Å². The Morgan fingerprint density at radius 1 is 0.794 bits per heavy atom. The summed E-state index contributed by atoms with van der Waals surface area (Å²) in [6.45, 7) is 1.25. The Morgan fingerprint density at radius 3 is 2.41 bits per heavy atom. The zero-order valence-electron chi connectivity index (χ0n) is 18.8. The van der Waals surface area contributed by atoms with Gasteiger partial charge in [0.05, 0.1) is 17.5 Å². The maximum Gasteiger partial charge on any atom is 0.261 e. The first kappa shape index (κ1) is 22.2. The van der Waals surface area contributed by atoms with Crippen molar-refractivity contribution in [2.24, 2.45) is 0 Å². The molecule has 170 valence electrons. The summed E-state index contributed by atoms with van der Waals surface area (Å²) >= 11 is 6.07. The van der Waals surface area contributed by atoms with E-state index < -0.39 is 0 Å². The van der Waals surface area contributed by atoms with E-state index in [1.54, 1.807) is 4.57 Å². The molecule has 5 heteroatoms. The van der Waals surface area contributed by atoms with Crippen molar-refractivity contribution in [2.45, 2.75) is 25.8 Å². The van der Waals surface area contributed by atoms with Crippen LogP contribution in [0, 0.1) is 0 Å². The molecular formula is C29H25ClN2O2. The number of ether oxygens (including phenoxy) is 1.